The number of hydrogen-bond acceptors (Lipinski definition) is 5. The summed E-state index contributed by atoms with van der Waals surface area (Å²) in [6.45, 7) is 6.00. The summed E-state index contributed by atoms with van der Waals surface area (Å²) in [5, 5.41) is 0. The Morgan fingerprint density at radius 3 is 2.37 bits per heavy atom. The lowest BCUT2D eigenvalue weighted by Gasteiger charge is -2.39. The summed E-state index contributed by atoms with van der Waals surface area (Å²) in [4.78, 5) is 32.0. The van der Waals surface area contributed by atoms with E-state index < -0.39 is 0 Å². The van der Waals surface area contributed by atoms with Gasteiger partial charge in [0.1, 0.15) is 11.5 Å². The van der Waals surface area contributed by atoms with E-state index >= 15 is 0 Å². The van der Waals surface area contributed by atoms with Crippen LogP contribution in [0.4, 0.5) is 5.69 Å². The van der Waals surface area contributed by atoms with Gasteiger partial charge in [0.15, 0.2) is 0 Å². The fourth-order valence-corrected chi connectivity index (χ4v) is 4.38. The van der Waals surface area contributed by atoms with Gasteiger partial charge in [0, 0.05) is 45.0 Å². The number of carbonyl (C=O) groups excluding carboxylic acids is 2. The smallest absolute Gasteiger partial charge is 0.257 e. The number of piperidine rings is 1. The molecule has 2 amide bonds. The van der Waals surface area contributed by atoms with Gasteiger partial charge >= 0.3 is 0 Å². The number of ether oxygens (including phenoxy) is 1. The van der Waals surface area contributed by atoms with E-state index in [-0.39, 0.29) is 17.7 Å². The van der Waals surface area contributed by atoms with Gasteiger partial charge < -0.3 is 23.9 Å². The Bertz CT molecular complexity index is 884. The molecule has 0 unspecified atom stereocenters. The van der Waals surface area contributed by atoms with Crippen molar-refractivity contribution in [2.45, 2.75) is 19.8 Å². The molecule has 2 saturated heterocycles. The Hall–Kier alpha value is -2.96. The van der Waals surface area contributed by atoms with E-state index in [2.05, 4.69) is 17.0 Å². The molecule has 4 rings (SSSR count). The van der Waals surface area contributed by atoms with Crippen molar-refractivity contribution < 1.29 is 18.7 Å². The minimum atomic E-state index is -0.123. The second-order valence-electron chi connectivity index (χ2n) is 7.99. The Kier molecular flexibility index (Phi) is 5.97. The fraction of sp³-hybridized carbons (Fsp3) is 0.478. The molecular weight excluding hydrogens is 382 g/mol. The van der Waals surface area contributed by atoms with Crippen LogP contribution in [0.1, 0.15) is 29.0 Å². The highest BCUT2D eigenvalue weighted by Crippen LogP contribution is 2.24. The Morgan fingerprint density at radius 1 is 1.00 bits per heavy atom. The highest BCUT2D eigenvalue weighted by Gasteiger charge is 2.33. The van der Waals surface area contributed by atoms with Crippen molar-refractivity contribution >= 4 is 17.5 Å². The summed E-state index contributed by atoms with van der Waals surface area (Å²) >= 11 is 0. The number of likely N-dealkylation sites (tertiary alicyclic amines) is 1. The molecule has 160 valence electrons. The van der Waals surface area contributed by atoms with Gasteiger partial charge in [0.2, 0.25) is 5.91 Å². The maximum absolute atomic E-state index is 13.1. The highest BCUT2D eigenvalue weighted by atomic mass is 16.5. The number of aryl methyl sites for hydroxylation is 1. The number of piperazine rings is 1. The van der Waals surface area contributed by atoms with Crippen molar-refractivity contribution in [3.63, 3.8) is 0 Å². The maximum Gasteiger partial charge on any atom is 0.257 e. The summed E-state index contributed by atoms with van der Waals surface area (Å²) in [5.41, 5.74) is 1.74. The van der Waals surface area contributed by atoms with Crippen LogP contribution in [0.15, 0.2) is 41.0 Å². The van der Waals surface area contributed by atoms with Crippen LogP contribution >= 0.6 is 0 Å². The molecule has 7 nitrogen and oxygen atoms in total. The third-order valence-corrected chi connectivity index (χ3v) is 6.18. The van der Waals surface area contributed by atoms with Gasteiger partial charge in [-0.05, 0) is 50.1 Å². The monoisotopic (exact) mass is 411 g/mol. The normalized spacial score (nSPS) is 19.7. The second kappa shape index (κ2) is 8.81. The second-order valence-corrected chi connectivity index (χ2v) is 7.99. The van der Waals surface area contributed by atoms with Crippen LogP contribution in [0.3, 0.4) is 0 Å². The van der Waals surface area contributed by atoms with Crippen molar-refractivity contribution in [3.05, 3.63) is 47.9 Å². The topological polar surface area (TPSA) is 66.2 Å². The zero-order chi connectivity index (χ0) is 21.1. The number of methoxy groups -OCH3 is 1. The molecule has 7 heteroatoms. The van der Waals surface area contributed by atoms with Crippen LogP contribution in [-0.2, 0) is 4.79 Å². The van der Waals surface area contributed by atoms with E-state index in [0.717, 1.165) is 37.4 Å². The SMILES string of the molecule is COc1ccc(N2CCN(C(=O)[C@H]3CCCN(C(=O)c4ccoc4C)C3)CC2)cc1. The van der Waals surface area contributed by atoms with E-state index in [9.17, 15) is 9.59 Å². The number of nitrogens with zero attached hydrogens (tertiary/aromatic N) is 3. The quantitative estimate of drug-likeness (QED) is 0.774. The number of amides is 2. The molecule has 2 aliphatic heterocycles. The third kappa shape index (κ3) is 4.15. The Balaban J connectivity index is 1.33. The highest BCUT2D eigenvalue weighted by molar-refractivity contribution is 5.95. The fourth-order valence-electron chi connectivity index (χ4n) is 4.38. The van der Waals surface area contributed by atoms with Gasteiger partial charge in [-0.15, -0.1) is 0 Å². The lowest BCUT2D eigenvalue weighted by Crippen LogP contribution is -2.53. The van der Waals surface area contributed by atoms with E-state index in [0.29, 0.717) is 37.5 Å². The van der Waals surface area contributed by atoms with Gasteiger partial charge in [-0.2, -0.15) is 0 Å². The molecule has 3 heterocycles. The first-order valence-electron chi connectivity index (χ1n) is 10.6. The molecule has 0 radical (unpaired) electrons. The molecular formula is C23H29N3O4. The Labute approximate surface area is 177 Å². The van der Waals surface area contributed by atoms with Crippen molar-refractivity contribution in [2.75, 3.05) is 51.3 Å². The number of furan rings is 1. The average molecular weight is 412 g/mol. The molecule has 0 spiro atoms. The average Bonchev–Trinajstić information content (AvgIpc) is 3.24. The molecule has 2 aliphatic rings. The van der Waals surface area contributed by atoms with Crippen molar-refractivity contribution in [1.82, 2.24) is 9.80 Å². The molecule has 1 aromatic heterocycles. The largest absolute Gasteiger partial charge is 0.497 e. The molecule has 1 atom stereocenters. The Morgan fingerprint density at radius 2 is 1.73 bits per heavy atom. The lowest BCUT2D eigenvalue weighted by atomic mass is 9.95. The van der Waals surface area contributed by atoms with Crippen LogP contribution in [0.2, 0.25) is 0 Å². The first-order valence-corrected chi connectivity index (χ1v) is 10.6. The zero-order valence-corrected chi connectivity index (χ0v) is 17.7. The number of carbonyl (C=O) groups is 2. The van der Waals surface area contributed by atoms with Gasteiger partial charge in [-0.3, -0.25) is 9.59 Å². The van der Waals surface area contributed by atoms with Gasteiger partial charge in [-0.25, -0.2) is 0 Å². The van der Waals surface area contributed by atoms with E-state index in [1.807, 2.05) is 17.0 Å². The van der Waals surface area contributed by atoms with Crippen LogP contribution < -0.4 is 9.64 Å². The van der Waals surface area contributed by atoms with Crippen molar-refractivity contribution in [3.8, 4) is 5.75 Å². The summed E-state index contributed by atoms with van der Waals surface area (Å²) in [7, 11) is 1.66. The van der Waals surface area contributed by atoms with E-state index in [1.165, 1.54) is 6.26 Å². The standard InChI is InChI=1S/C23H29N3O4/c1-17-21(9-15-30-17)23(28)26-10-3-4-18(16-26)22(27)25-13-11-24(12-14-25)19-5-7-20(29-2)8-6-19/h5-9,15,18H,3-4,10-14,16H2,1-2H3/t18-/m0/s1. The summed E-state index contributed by atoms with van der Waals surface area (Å²) < 4.78 is 10.5. The molecule has 1 aromatic carbocycles. The van der Waals surface area contributed by atoms with E-state index in [4.69, 9.17) is 9.15 Å². The van der Waals surface area contributed by atoms with Crippen LogP contribution in [-0.4, -0.2) is 68.0 Å². The van der Waals surface area contributed by atoms with Crippen LogP contribution in [0.5, 0.6) is 5.75 Å². The molecule has 0 saturated carbocycles. The van der Waals surface area contributed by atoms with Gasteiger partial charge in [0.05, 0.1) is 24.9 Å². The van der Waals surface area contributed by atoms with Crippen molar-refractivity contribution in [2.24, 2.45) is 5.92 Å². The number of hydrogen-bond donors (Lipinski definition) is 0. The zero-order valence-electron chi connectivity index (χ0n) is 17.7. The van der Waals surface area contributed by atoms with Crippen LogP contribution in [0, 0.1) is 12.8 Å². The molecule has 30 heavy (non-hydrogen) atoms. The summed E-state index contributed by atoms with van der Waals surface area (Å²) in [6.07, 6.45) is 3.23. The summed E-state index contributed by atoms with van der Waals surface area (Å²) in [5.74, 6) is 1.48. The maximum atomic E-state index is 13.1. The minimum absolute atomic E-state index is 0.0388. The van der Waals surface area contributed by atoms with Crippen LogP contribution in [0.25, 0.3) is 0 Å². The molecule has 2 aromatic rings. The number of anilines is 1. The molecule has 0 aliphatic carbocycles. The van der Waals surface area contributed by atoms with Gasteiger partial charge in [0.25, 0.3) is 5.91 Å². The lowest BCUT2D eigenvalue weighted by molar-refractivity contribution is -0.137. The number of rotatable bonds is 4. The molecule has 0 N–H and O–H groups in total. The molecule has 0 bridgehead atoms. The molecule has 2 fully saturated rings. The summed E-state index contributed by atoms with van der Waals surface area (Å²) in [6, 6.07) is 9.74. The number of benzene rings is 1. The van der Waals surface area contributed by atoms with E-state index in [1.54, 1.807) is 25.0 Å². The predicted molar refractivity (Wildman–Crippen MR) is 114 cm³/mol. The third-order valence-electron chi connectivity index (χ3n) is 6.18. The minimum Gasteiger partial charge on any atom is -0.497 e. The first kappa shape index (κ1) is 20.3. The first-order chi connectivity index (χ1) is 14.6. The predicted octanol–water partition coefficient (Wildman–Crippen LogP) is 2.80. The van der Waals surface area contributed by atoms with Gasteiger partial charge in [-0.1, -0.05) is 0 Å². The van der Waals surface area contributed by atoms with Crippen molar-refractivity contribution in [1.29, 1.82) is 0 Å².